The molecule has 0 amide bonds. The summed E-state index contributed by atoms with van der Waals surface area (Å²) >= 11 is 1.20. The Bertz CT molecular complexity index is 612. The van der Waals surface area contributed by atoms with Gasteiger partial charge in [0.2, 0.25) is 0 Å². The van der Waals surface area contributed by atoms with Crippen LogP contribution in [0, 0.1) is 11.6 Å². The van der Waals surface area contributed by atoms with E-state index in [9.17, 15) is 13.6 Å². The van der Waals surface area contributed by atoms with Crippen LogP contribution >= 0.6 is 11.8 Å². The van der Waals surface area contributed by atoms with E-state index in [-0.39, 0.29) is 4.90 Å². The highest BCUT2D eigenvalue weighted by Gasteiger charge is 2.07. The second-order valence-electron chi connectivity index (χ2n) is 4.05. The summed E-state index contributed by atoms with van der Waals surface area (Å²) in [4.78, 5) is 11.5. The maximum absolute atomic E-state index is 13.4. The van der Waals surface area contributed by atoms with Crippen LogP contribution in [0.2, 0.25) is 0 Å². The van der Waals surface area contributed by atoms with E-state index in [1.54, 1.807) is 24.3 Å². The van der Waals surface area contributed by atoms with Gasteiger partial charge in [-0.3, -0.25) is 0 Å². The molecule has 0 aromatic heterocycles. The average Bonchev–Trinajstić information content (AvgIpc) is 2.48. The Kier molecular flexibility index (Phi) is 4.74. The quantitative estimate of drug-likeness (QED) is 0.629. The first-order chi connectivity index (χ1) is 9.60. The van der Waals surface area contributed by atoms with Crippen LogP contribution in [-0.4, -0.2) is 13.1 Å². The van der Waals surface area contributed by atoms with Crippen molar-refractivity contribution < 1.29 is 18.3 Å². The molecule has 0 saturated carbocycles. The first-order valence-corrected chi connectivity index (χ1v) is 6.84. The molecule has 0 heterocycles. The van der Waals surface area contributed by atoms with Crippen LogP contribution in [0.3, 0.4) is 0 Å². The minimum Gasteiger partial charge on any atom is -0.465 e. The van der Waals surface area contributed by atoms with Crippen molar-refractivity contribution in [2.24, 2.45) is 0 Å². The third-order valence-electron chi connectivity index (χ3n) is 2.66. The first kappa shape index (κ1) is 14.5. The van der Waals surface area contributed by atoms with Gasteiger partial charge in [0.25, 0.3) is 0 Å². The minimum atomic E-state index is -0.463. The third-order valence-corrected chi connectivity index (χ3v) is 3.76. The van der Waals surface area contributed by atoms with Crippen molar-refractivity contribution in [2.75, 3.05) is 7.11 Å². The number of ether oxygens (including phenoxy) is 1. The van der Waals surface area contributed by atoms with Gasteiger partial charge < -0.3 is 4.74 Å². The van der Waals surface area contributed by atoms with Crippen LogP contribution in [-0.2, 0) is 10.5 Å². The smallest absolute Gasteiger partial charge is 0.337 e. The molecule has 2 aromatic rings. The Morgan fingerprint density at radius 1 is 1.15 bits per heavy atom. The lowest BCUT2D eigenvalue weighted by Gasteiger charge is -2.05. The highest BCUT2D eigenvalue weighted by atomic mass is 32.2. The van der Waals surface area contributed by atoms with Gasteiger partial charge in [0.05, 0.1) is 12.7 Å². The Balaban J connectivity index is 2.04. The van der Waals surface area contributed by atoms with Crippen molar-refractivity contribution in [1.29, 1.82) is 0 Å². The number of esters is 1. The normalized spacial score (nSPS) is 10.3. The summed E-state index contributed by atoms with van der Waals surface area (Å²) in [6, 6.07) is 10.2. The lowest BCUT2D eigenvalue weighted by Crippen LogP contribution is -2.00. The van der Waals surface area contributed by atoms with Crippen molar-refractivity contribution >= 4 is 17.7 Å². The summed E-state index contributed by atoms with van der Waals surface area (Å²) < 4.78 is 31.1. The predicted octanol–water partition coefficient (Wildman–Crippen LogP) is 4.04. The number of benzene rings is 2. The summed E-state index contributed by atoms with van der Waals surface area (Å²) in [6.45, 7) is 0. The summed E-state index contributed by atoms with van der Waals surface area (Å²) in [5.41, 5.74) is 1.37. The molecule has 0 atom stereocenters. The maximum atomic E-state index is 13.4. The zero-order valence-electron chi connectivity index (χ0n) is 10.7. The molecule has 20 heavy (non-hydrogen) atoms. The molecule has 0 bridgehead atoms. The van der Waals surface area contributed by atoms with E-state index < -0.39 is 17.6 Å². The molecule has 0 fully saturated rings. The number of hydrogen-bond acceptors (Lipinski definition) is 3. The highest BCUT2D eigenvalue weighted by Crippen LogP contribution is 2.26. The minimum absolute atomic E-state index is 0.266. The van der Waals surface area contributed by atoms with Gasteiger partial charge in [-0.1, -0.05) is 12.1 Å². The Morgan fingerprint density at radius 2 is 1.85 bits per heavy atom. The second-order valence-corrected chi connectivity index (χ2v) is 5.07. The van der Waals surface area contributed by atoms with Crippen molar-refractivity contribution in [1.82, 2.24) is 0 Å². The molecule has 0 aliphatic heterocycles. The van der Waals surface area contributed by atoms with Crippen molar-refractivity contribution in [2.45, 2.75) is 10.6 Å². The Labute approximate surface area is 119 Å². The van der Waals surface area contributed by atoms with Crippen LogP contribution in [0.25, 0.3) is 0 Å². The summed E-state index contributed by atoms with van der Waals surface area (Å²) in [5, 5.41) is 0. The molecule has 0 radical (unpaired) electrons. The molecule has 0 N–H and O–H groups in total. The molecule has 0 aliphatic carbocycles. The average molecular weight is 294 g/mol. The van der Waals surface area contributed by atoms with Crippen LogP contribution in [0.5, 0.6) is 0 Å². The monoisotopic (exact) mass is 294 g/mol. The lowest BCUT2D eigenvalue weighted by molar-refractivity contribution is 0.0600. The predicted molar refractivity (Wildman–Crippen MR) is 73.7 cm³/mol. The number of rotatable bonds is 4. The fourth-order valence-electron chi connectivity index (χ4n) is 1.60. The van der Waals surface area contributed by atoms with E-state index in [1.807, 2.05) is 0 Å². The molecule has 0 unspecified atom stereocenters. The molecular weight excluding hydrogens is 282 g/mol. The fourth-order valence-corrected chi connectivity index (χ4v) is 2.52. The highest BCUT2D eigenvalue weighted by molar-refractivity contribution is 7.98. The van der Waals surface area contributed by atoms with Crippen molar-refractivity contribution in [3.63, 3.8) is 0 Å². The zero-order chi connectivity index (χ0) is 14.5. The third kappa shape index (κ3) is 3.57. The molecule has 0 aliphatic rings. The molecule has 5 heteroatoms. The summed E-state index contributed by atoms with van der Waals surface area (Å²) in [7, 11) is 1.32. The standard InChI is InChI=1S/C15H12F2O2S/c1-19-15(18)11-4-2-10(3-5-11)9-20-14-8-12(16)6-7-13(14)17/h2-8H,9H2,1H3. The molecule has 2 aromatic carbocycles. The van der Waals surface area contributed by atoms with Gasteiger partial charge in [0.1, 0.15) is 11.6 Å². The first-order valence-electron chi connectivity index (χ1n) is 5.85. The van der Waals surface area contributed by atoms with Crippen molar-refractivity contribution in [3.05, 3.63) is 65.2 Å². The maximum Gasteiger partial charge on any atom is 0.337 e. The number of thioether (sulfide) groups is 1. The van der Waals surface area contributed by atoms with E-state index in [4.69, 9.17) is 0 Å². The fraction of sp³-hybridized carbons (Fsp3) is 0.133. The number of halogens is 2. The van der Waals surface area contributed by atoms with Crippen LogP contribution in [0.1, 0.15) is 15.9 Å². The van der Waals surface area contributed by atoms with Gasteiger partial charge in [-0.15, -0.1) is 11.8 Å². The number of carbonyl (C=O) groups is 1. The van der Waals surface area contributed by atoms with E-state index in [0.717, 1.165) is 17.7 Å². The van der Waals surface area contributed by atoms with Gasteiger partial charge in [-0.2, -0.15) is 0 Å². The van der Waals surface area contributed by atoms with Gasteiger partial charge in [-0.25, -0.2) is 13.6 Å². The SMILES string of the molecule is COC(=O)c1ccc(CSc2cc(F)ccc2F)cc1. The molecular formula is C15H12F2O2S. The van der Waals surface area contributed by atoms with Crippen molar-refractivity contribution in [3.8, 4) is 0 Å². The van der Waals surface area contributed by atoms with Gasteiger partial charge in [0.15, 0.2) is 0 Å². The van der Waals surface area contributed by atoms with E-state index in [1.165, 1.54) is 24.9 Å². The Hall–Kier alpha value is -1.88. The largest absolute Gasteiger partial charge is 0.465 e. The molecule has 104 valence electrons. The van der Waals surface area contributed by atoms with Crippen LogP contribution in [0.15, 0.2) is 47.4 Å². The second kappa shape index (κ2) is 6.52. The summed E-state index contributed by atoms with van der Waals surface area (Å²) in [6.07, 6.45) is 0. The topological polar surface area (TPSA) is 26.3 Å². The zero-order valence-corrected chi connectivity index (χ0v) is 11.5. The molecule has 2 rings (SSSR count). The molecule has 0 saturated heterocycles. The van der Waals surface area contributed by atoms with E-state index >= 15 is 0 Å². The number of carbonyl (C=O) groups excluding carboxylic acids is 1. The lowest BCUT2D eigenvalue weighted by atomic mass is 10.1. The van der Waals surface area contributed by atoms with Gasteiger partial charge in [-0.05, 0) is 35.9 Å². The van der Waals surface area contributed by atoms with Crippen LogP contribution in [0.4, 0.5) is 8.78 Å². The molecule has 0 spiro atoms. The van der Waals surface area contributed by atoms with E-state index in [0.29, 0.717) is 11.3 Å². The Morgan fingerprint density at radius 3 is 2.50 bits per heavy atom. The van der Waals surface area contributed by atoms with Gasteiger partial charge in [0, 0.05) is 10.6 Å². The number of hydrogen-bond donors (Lipinski definition) is 0. The van der Waals surface area contributed by atoms with E-state index in [2.05, 4.69) is 4.74 Å². The van der Waals surface area contributed by atoms with Gasteiger partial charge >= 0.3 is 5.97 Å². The summed E-state index contributed by atoms with van der Waals surface area (Å²) in [5.74, 6) is -0.820. The van der Waals surface area contributed by atoms with Crippen LogP contribution < -0.4 is 0 Å². The molecule has 2 nitrogen and oxygen atoms in total. The number of methoxy groups -OCH3 is 1.